The van der Waals surface area contributed by atoms with Gasteiger partial charge in [-0.3, -0.25) is 9.59 Å². The normalized spacial score (nSPS) is 15.8. The molecule has 0 spiro atoms. The Bertz CT molecular complexity index is 1480. The van der Waals surface area contributed by atoms with Gasteiger partial charge in [0.25, 0.3) is 5.56 Å². The third kappa shape index (κ3) is 4.08. The molecule has 168 valence electrons. The smallest absolute Gasteiger partial charge is 0.258 e. The van der Waals surface area contributed by atoms with Gasteiger partial charge in [0.1, 0.15) is 0 Å². The summed E-state index contributed by atoms with van der Waals surface area (Å²) in [6.45, 7) is 3.54. The summed E-state index contributed by atoms with van der Waals surface area (Å²) in [6, 6.07) is 25.6. The Labute approximate surface area is 198 Å². The van der Waals surface area contributed by atoms with Gasteiger partial charge in [-0.15, -0.1) is 0 Å². The van der Waals surface area contributed by atoms with Crippen LogP contribution in [0.3, 0.4) is 0 Å². The summed E-state index contributed by atoms with van der Waals surface area (Å²) in [4.78, 5) is 28.9. The van der Waals surface area contributed by atoms with Gasteiger partial charge in [-0.1, -0.05) is 84.4 Å². The second kappa shape index (κ2) is 8.94. The van der Waals surface area contributed by atoms with Crippen molar-refractivity contribution >= 4 is 28.6 Å². The Morgan fingerprint density at radius 1 is 1.00 bits per heavy atom. The predicted molar refractivity (Wildman–Crippen MR) is 138 cm³/mol. The molecule has 1 aliphatic heterocycles. The lowest BCUT2D eigenvalue weighted by atomic mass is 9.91. The number of benzene rings is 3. The van der Waals surface area contributed by atoms with E-state index < -0.39 is 0 Å². The van der Waals surface area contributed by atoms with Gasteiger partial charge in [-0.05, 0) is 30.2 Å². The summed E-state index contributed by atoms with van der Waals surface area (Å²) in [5.41, 5.74) is 5.64. The number of nitrogens with zero attached hydrogens (tertiary/aromatic N) is 2. The molecule has 1 aromatic heterocycles. The number of H-pyrrole nitrogens is 1. The molecule has 5 rings (SSSR count). The molecular formula is C29H25N3O2. The van der Waals surface area contributed by atoms with Crippen molar-refractivity contribution < 1.29 is 4.79 Å². The molecule has 3 aromatic carbocycles. The third-order valence-electron chi connectivity index (χ3n) is 6.10. The fraction of sp³-hybridized carbons (Fsp3) is 0.138. The first-order valence-electron chi connectivity index (χ1n) is 11.3. The molecule has 1 aliphatic rings. The number of amides is 1. The highest BCUT2D eigenvalue weighted by molar-refractivity contribution is 6.13. The average Bonchev–Trinajstić information content (AvgIpc) is 3.27. The van der Waals surface area contributed by atoms with Crippen LogP contribution < -0.4 is 5.56 Å². The van der Waals surface area contributed by atoms with Crippen LogP contribution >= 0.6 is 0 Å². The maximum atomic E-state index is 13.4. The van der Waals surface area contributed by atoms with Crippen molar-refractivity contribution in [3.8, 4) is 11.1 Å². The van der Waals surface area contributed by atoms with Gasteiger partial charge in [0.05, 0.1) is 17.3 Å². The molecule has 2 heterocycles. The maximum absolute atomic E-state index is 13.4. The Hall–Kier alpha value is -4.25. The summed E-state index contributed by atoms with van der Waals surface area (Å²) in [5, 5.41) is 7.09. The van der Waals surface area contributed by atoms with Crippen molar-refractivity contribution in [2.24, 2.45) is 5.10 Å². The summed E-state index contributed by atoms with van der Waals surface area (Å²) in [7, 11) is 0. The molecule has 1 amide bonds. The molecule has 34 heavy (non-hydrogen) atoms. The number of hydrazone groups is 1. The molecule has 1 N–H and O–H groups in total. The molecule has 4 aromatic rings. The highest BCUT2D eigenvalue weighted by Gasteiger charge is 2.31. The third-order valence-corrected chi connectivity index (χ3v) is 6.10. The van der Waals surface area contributed by atoms with E-state index in [0.29, 0.717) is 17.7 Å². The van der Waals surface area contributed by atoms with Crippen LogP contribution in [0.1, 0.15) is 30.0 Å². The minimum absolute atomic E-state index is 0.160. The van der Waals surface area contributed by atoms with E-state index >= 15 is 0 Å². The molecule has 1 atom stereocenters. The second-order valence-corrected chi connectivity index (χ2v) is 8.57. The van der Waals surface area contributed by atoms with Gasteiger partial charge < -0.3 is 4.98 Å². The highest BCUT2D eigenvalue weighted by Crippen LogP contribution is 2.33. The van der Waals surface area contributed by atoms with E-state index in [1.54, 1.807) is 0 Å². The zero-order chi connectivity index (χ0) is 23.7. The number of aromatic amines is 1. The van der Waals surface area contributed by atoms with E-state index in [-0.39, 0.29) is 17.5 Å². The molecule has 0 saturated heterocycles. The second-order valence-electron chi connectivity index (χ2n) is 8.57. The first-order chi connectivity index (χ1) is 16.5. The molecule has 5 heteroatoms. The minimum Gasteiger partial charge on any atom is -0.321 e. The van der Waals surface area contributed by atoms with Crippen molar-refractivity contribution in [3.63, 3.8) is 0 Å². The van der Waals surface area contributed by atoms with Crippen molar-refractivity contribution in [3.05, 3.63) is 112 Å². The number of nitrogens with one attached hydrogen (secondary N) is 1. The van der Waals surface area contributed by atoms with Crippen LogP contribution in [-0.2, 0) is 4.79 Å². The van der Waals surface area contributed by atoms with E-state index in [9.17, 15) is 9.59 Å². The summed E-state index contributed by atoms with van der Waals surface area (Å²) in [6.07, 6.45) is 4.43. The number of hydrogen-bond donors (Lipinski definition) is 1. The first-order valence-corrected chi connectivity index (χ1v) is 11.3. The molecule has 5 nitrogen and oxygen atoms in total. The number of fused-ring (bicyclic) bond motifs is 1. The van der Waals surface area contributed by atoms with Gasteiger partial charge in [-0.2, -0.15) is 5.10 Å². The Kier molecular flexibility index (Phi) is 5.68. The number of aromatic nitrogens is 1. The topological polar surface area (TPSA) is 65.5 Å². The fourth-order valence-electron chi connectivity index (χ4n) is 4.51. The SMILES string of the molecule is CC(=O)N1N=C(c2c(-c3ccccc3)c3cc(C)ccc3[nH]c2=O)CC1/C=C/c1ccccc1. The average molecular weight is 448 g/mol. The van der Waals surface area contributed by atoms with E-state index in [4.69, 9.17) is 0 Å². The Morgan fingerprint density at radius 3 is 2.41 bits per heavy atom. The molecular weight excluding hydrogens is 422 g/mol. The van der Waals surface area contributed by atoms with E-state index in [1.807, 2.05) is 91.9 Å². The van der Waals surface area contributed by atoms with E-state index in [0.717, 1.165) is 33.2 Å². The molecule has 0 bridgehead atoms. The van der Waals surface area contributed by atoms with Crippen molar-refractivity contribution in [1.82, 2.24) is 9.99 Å². The maximum Gasteiger partial charge on any atom is 0.258 e. The lowest BCUT2D eigenvalue weighted by Gasteiger charge is -2.16. The highest BCUT2D eigenvalue weighted by atomic mass is 16.2. The zero-order valence-corrected chi connectivity index (χ0v) is 19.2. The standard InChI is InChI=1S/C29H25N3O2/c1-19-13-16-25-24(17-19)27(22-11-7-4-8-12-22)28(29(34)30-25)26-18-23(32(31-26)20(2)33)15-14-21-9-5-3-6-10-21/h3-17,23H,18H2,1-2H3,(H,30,34)/b15-14+. The Morgan fingerprint density at radius 2 is 1.71 bits per heavy atom. The predicted octanol–water partition coefficient (Wildman–Crippen LogP) is 5.54. The summed E-state index contributed by atoms with van der Waals surface area (Å²) in [5.74, 6) is -0.160. The molecule has 1 unspecified atom stereocenters. The van der Waals surface area contributed by atoms with Gasteiger partial charge in [0, 0.05) is 29.8 Å². The van der Waals surface area contributed by atoms with E-state index in [1.165, 1.54) is 11.9 Å². The largest absolute Gasteiger partial charge is 0.321 e. The quantitative estimate of drug-likeness (QED) is 0.446. The van der Waals surface area contributed by atoms with Crippen molar-refractivity contribution in [2.45, 2.75) is 26.3 Å². The van der Waals surface area contributed by atoms with Gasteiger partial charge >= 0.3 is 0 Å². The lowest BCUT2D eigenvalue weighted by molar-refractivity contribution is -0.129. The van der Waals surface area contributed by atoms with Crippen LogP contribution in [0.5, 0.6) is 0 Å². The van der Waals surface area contributed by atoms with Crippen LogP contribution in [0, 0.1) is 6.92 Å². The Balaban J connectivity index is 1.66. The molecule has 0 aliphatic carbocycles. The van der Waals surface area contributed by atoms with Crippen LogP contribution in [0.25, 0.3) is 28.1 Å². The van der Waals surface area contributed by atoms with E-state index in [2.05, 4.69) is 16.2 Å². The number of hydrogen-bond acceptors (Lipinski definition) is 3. The number of carbonyl (C=O) groups excluding carboxylic acids is 1. The number of rotatable bonds is 4. The monoisotopic (exact) mass is 447 g/mol. The van der Waals surface area contributed by atoms with Crippen LogP contribution in [0.2, 0.25) is 0 Å². The summed E-state index contributed by atoms with van der Waals surface area (Å²) < 4.78 is 0. The zero-order valence-electron chi connectivity index (χ0n) is 19.2. The van der Waals surface area contributed by atoms with Gasteiger partial charge in [-0.25, -0.2) is 5.01 Å². The van der Waals surface area contributed by atoms with Gasteiger partial charge in [0.2, 0.25) is 5.91 Å². The minimum atomic E-state index is -0.260. The van der Waals surface area contributed by atoms with Crippen LogP contribution in [0.15, 0.2) is 94.8 Å². The lowest BCUT2D eigenvalue weighted by Crippen LogP contribution is -2.29. The van der Waals surface area contributed by atoms with Crippen LogP contribution in [0.4, 0.5) is 0 Å². The fourth-order valence-corrected chi connectivity index (χ4v) is 4.51. The van der Waals surface area contributed by atoms with Gasteiger partial charge in [0.15, 0.2) is 0 Å². The van der Waals surface area contributed by atoms with Crippen molar-refractivity contribution in [2.75, 3.05) is 0 Å². The van der Waals surface area contributed by atoms with Crippen LogP contribution in [-0.4, -0.2) is 27.7 Å². The first kappa shape index (κ1) is 21.6. The number of pyridine rings is 1. The molecule has 0 saturated carbocycles. The van der Waals surface area contributed by atoms with Crippen molar-refractivity contribution in [1.29, 1.82) is 0 Å². The number of aryl methyl sites for hydroxylation is 1. The number of carbonyl (C=O) groups is 1. The summed E-state index contributed by atoms with van der Waals surface area (Å²) >= 11 is 0. The molecule has 0 fully saturated rings. The molecule has 0 radical (unpaired) electrons.